The molecule has 0 aromatic rings. The van der Waals surface area contributed by atoms with Crippen molar-refractivity contribution in [3.8, 4) is 0 Å². The van der Waals surface area contributed by atoms with Gasteiger partial charge in [0.1, 0.15) is 36.6 Å². The van der Waals surface area contributed by atoms with Gasteiger partial charge in [-0.3, -0.25) is 4.79 Å². The van der Waals surface area contributed by atoms with Gasteiger partial charge in [-0.15, -0.1) is 0 Å². The van der Waals surface area contributed by atoms with Crippen molar-refractivity contribution >= 4 is 5.91 Å². The molecule has 0 aromatic carbocycles. The predicted molar refractivity (Wildman–Crippen MR) is 138 cm³/mol. The van der Waals surface area contributed by atoms with E-state index in [0.29, 0.717) is 0 Å². The molecule has 0 bridgehead atoms. The molecule has 40 heavy (non-hydrogen) atoms. The fourth-order valence-corrected chi connectivity index (χ4v) is 6.02. The van der Waals surface area contributed by atoms with Crippen molar-refractivity contribution in [3.05, 3.63) is 0 Å². The lowest BCUT2D eigenvalue weighted by molar-refractivity contribution is -0.234. The molecule has 16 atom stereocenters. The third-order valence-corrected chi connectivity index (χ3v) is 8.58. The van der Waals surface area contributed by atoms with E-state index in [9.17, 15) is 45.6 Å². The van der Waals surface area contributed by atoms with Crippen LogP contribution in [-0.4, -0.2) is 152 Å². The first-order chi connectivity index (χ1) is 18.9. The fraction of sp³-hybridized carbons (Fsp3) is 0.958. The topological polar surface area (TPSA) is 313 Å². The Labute approximate surface area is 232 Å². The molecule has 3 rings (SSSR count). The summed E-state index contributed by atoms with van der Waals surface area (Å²) in [6.45, 7) is -0.387. The monoisotopic (exact) mass is 581 g/mol. The third-order valence-electron chi connectivity index (χ3n) is 8.58. The predicted octanol–water partition coefficient (Wildman–Crippen LogP) is -7.10. The van der Waals surface area contributed by atoms with Crippen molar-refractivity contribution in [2.45, 2.75) is 111 Å². The van der Waals surface area contributed by atoms with Gasteiger partial charge in [-0.1, -0.05) is 0 Å². The molecule has 3 aliphatic rings. The second-order valence-corrected chi connectivity index (χ2v) is 11.3. The lowest BCUT2D eigenvalue weighted by atomic mass is 9.78. The molecular weight excluding hydrogens is 534 g/mol. The Kier molecular flexibility index (Phi) is 12.0. The summed E-state index contributed by atoms with van der Waals surface area (Å²) in [5.41, 5.74) is 23.4. The number of hydrogen-bond acceptors (Lipinski definition) is 15. The van der Waals surface area contributed by atoms with Gasteiger partial charge in [-0.2, -0.15) is 0 Å². The van der Waals surface area contributed by atoms with E-state index in [1.165, 1.54) is 0 Å². The molecule has 0 radical (unpaired) electrons. The summed E-state index contributed by atoms with van der Waals surface area (Å²) in [5, 5.41) is 85.9. The highest BCUT2D eigenvalue weighted by molar-refractivity contribution is 5.80. The Balaban J connectivity index is 1.85. The van der Waals surface area contributed by atoms with E-state index in [2.05, 4.69) is 5.32 Å². The van der Waals surface area contributed by atoms with Crippen LogP contribution in [0.25, 0.3) is 0 Å². The van der Waals surface area contributed by atoms with E-state index in [1.807, 2.05) is 0 Å². The van der Waals surface area contributed by atoms with E-state index in [1.54, 1.807) is 0 Å². The molecule has 3 aliphatic carbocycles. The summed E-state index contributed by atoms with van der Waals surface area (Å²) >= 11 is 0. The van der Waals surface area contributed by atoms with Gasteiger partial charge in [-0.25, -0.2) is 0 Å². The number of carbonyl (C=O) groups excluding carboxylic acids is 1. The Morgan fingerprint density at radius 2 is 1.40 bits per heavy atom. The van der Waals surface area contributed by atoms with Crippen molar-refractivity contribution in [3.63, 3.8) is 0 Å². The summed E-state index contributed by atoms with van der Waals surface area (Å²) in [7, 11) is 0. The maximum atomic E-state index is 12.6. The Morgan fingerprint density at radius 1 is 0.800 bits per heavy atom. The standard InChI is InChI=1S/C24H47N5O11/c25-2-1-12(31)24(38)29-11-5-10(27)22(39-14-3-8(6-26)17(33)20(36)19(14)35)21(37)23(11)40-13-4-9(7-30)16(32)15(28)18(13)34/h8-23,30-37H,1-7,25-28H2,(H,29,38)/t8-,9-,10+,11-,12?,13+,14?,15+,16-,17-,18+,19+,20+,21+,22-,23?/m1/s1. The van der Waals surface area contributed by atoms with Crippen LogP contribution >= 0.6 is 0 Å². The van der Waals surface area contributed by atoms with Gasteiger partial charge >= 0.3 is 0 Å². The van der Waals surface area contributed by atoms with Crippen molar-refractivity contribution in [1.82, 2.24) is 5.32 Å². The van der Waals surface area contributed by atoms with E-state index in [4.69, 9.17) is 32.4 Å². The van der Waals surface area contributed by atoms with E-state index in [-0.39, 0.29) is 38.8 Å². The molecular formula is C24H47N5O11. The van der Waals surface area contributed by atoms with Crippen LogP contribution in [0.1, 0.15) is 25.7 Å². The van der Waals surface area contributed by atoms with Crippen LogP contribution in [0.3, 0.4) is 0 Å². The zero-order valence-electron chi connectivity index (χ0n) is 22.3. The fourth-order valence-electron chi connectivity index (χ4n) is 6.02. The quantitative estimate of drug-likeness (QED) is 0.114. The van der Waals surface area contributed by atoms with Crippen LogP contribution in [0.4, 0.5) is 0 Å². The van der Waals surface area contributed by atoms with E-state index in [0.717, 1.165) is 0 Å². The second-order valence-electron chi connectivity index (χ2n) is 11.3. The molecule has 3 fully saturated rings. The number of carbonyl (C=O) groups is 1. The molecule has 16 nitrogen and oxygen atoms in total. The van der Waals surface area contributed by atoms with Crippen LogP contribution in [0.5, 0.6) is 0 Å². The largest absolute Gasteiger partial charge is 0.396 e. The number of aliphatic hydroxyl groups is 8. The van der Waals surface area contributed by atoms with E-state index < -0.39 is 110 Å². The van der Waals surface area contributed by atoms with Gasteiger partial charge < -0.3 is 78.6 Å². The number of ether oxygens (including phenoxy) is 2. The molecule has 3 saturated carbocycles. The summed E-state index contributed by atoms with van der Waals surface area (Å²) in [4.78, 5) is 12.6. The number of nitrogens with one attached hydrogen (secondary N) is 1. The Hall–Kier alpha value is -1.09. The summed E-state index contributed by atoms with van der Waals surface area (Å²) < 4.78 is 12.1. The third kappa shape index (κ3) is 7.09. The van der Waals surface area contributed by atoms with Crippen molar-refractivity contribution in [2.24, 2.45) is 34.8 Å². The molecule has 16 heteroatoms. The summed E-state index contributed by atoms with van der Waals surface area (Å²) in [6.07, 6.45) is -14.5. The maximum absolute atomic E-state index is 12.6. The van der Waals surface area contributed by atoms with Gasteiger partial charge in [0.25, 0.3) is 0 Å². The van der Waals surface area contributed by atoms with Gasteiger partial charge in [0.15, 0.2) is 0 Å². The molecule has 17 N–H and O–H groups in total. The molecule has 3 unspecified atom stereocenters. The number of aliphatic hydroxyl groups excluding tert-OH is 8. The Bertz CT molecular complexity index is 813. The van der Waals surface area contributed by atoms with E-state index >= 15 is 0 Å². The highest BCUT2D eigenvalue weighted by atomic mass is 16.6. The first-order valence-electron chi connectivity index (χ1n) is 13.8. The number of amides is 1. The number of hydrogen-bond donors (Lipinski definition) is 13. The van der Waals surface area contributed by atoms with Crippen molar-refractivity contribution in [1.29, 1.82) is 0 Å². The smallest absolute Gasteiger partial charge is 0.249 e. The van der Waals surface area contributed by atoms with Crippen LogP contribution in [0.2, 0.25) is 0 Å². The van der Waals surface area contributed by atoms with Crippen LogP contribution in [-0.2, 0) is 14.3 Å². The van der Waals surface area contributed by atoms with Gasteiger partial charge in [0.2, 0.25) is 5.91 Å². The molecule has 0 saturated heterocycles. The van der Waals surface area contributed by atoms with Crippen LogP contribution in [0, 0.1) is 11.8 Å². The number of nitrogens with two attached hydrogens (primary N) is 4. The molecule has 0 aliphatic heterocycles. The number of rotatable bonds is 10. The minimum atomic E-state index is -1.56. The van der Waals surface area contributed by atoms with Crippen molar-refractivity contribution in [2.75, 3.05) is 19.7 Å². The first-order valence-corrected chi connectivity index (χ1v) is 13.8. The average Bonchev–Trinajstić information content (AvgIpc) is 2.92. The normalized spacial score (nSPS) is 47.0. The molecule has 234 valence electrons. The van der Waals surface area contributed by atoms with Crippen molar-refractivity contribution < 1.29 is 55.1 Å². The second kappa shape index (κ2) is 14.4. The molecule has 0 heterocycles. The van der Waals surface area contributed by atoms with Crippen LogP contribution < -0.4 is 28.3 Å². The first kappa shape index (κ1) is 33.4. The SMILES string of the molecule is NCCC(O)C(=O)N[C@@H]1C[C@H](N)[C@@H](OC2C[C@H](CN)[C@@H](O)[C@H](O)[C@H]2O)[C@H](O)C1O[C@H]1C[C@H](CO)[C@@H](O)[C@H](N)[C@H]1O. The zero-order valence-corrected chi connectivity index (χ0v) is 22.3. The lowest BCUT2D eigenvalue weighted by Gasteiger charge is -2.49. The molecule has 1 amide bonds. The zero-order chi connectivity index (χ0) is 29.9. The minimum absolute atomic E-state index is 0.00669. The highest BCUT2D eigenvalue weighted by Crippen LogP contribution is 2.34. The van der Waals surface area contributed by atoms with Gasteiger partial charge in [-0.05, 0) is 38.8 Å². The highest BCUT2D eigenvalue weighted by Gasteiger charge is 2.51. The minimum Gasteiger partial charge on any atom is -0.396 e. The average molecular weight is 582 g/mol. The molecule has 0 aromatic heterocycles. The Morgan fingerprint density at radius 3 is 2.00 bits per heavy atom. The molecule has 0 spiro atoms. The maximum Gasteiger partial charge on any atom is 0.249 e. The van der Waals surface area contributed by atoms with Gasteiger partial charge in [0, 0.05) is 24.5 Å². The van der Waals surface area contributed by atoms with Crippen LogP contribution in [0.15, 0.2) is 0 Å². The summed E-state index contributed by atoms with van der Waals surface area (Å²) in [6, 6.07) is -3.07. The summed E-state index contributed by atoms with van der Waals surface area (Å²) in [5.74, 6) is -2.10. The van der Waals surface area contributed by atoms with Gasteiger partial charge in [0.05, 0.1) is 42.6 Å². The lowest BCUT2D eigenvalue weighted by Crippen LogP contribution is -2.68.